The molecule has 2 rings (SSSR count). The molecule has 1 atom stereocenters. The summed E-state index contributed by atoms with van der Waals surface area (Å²) in [7, 11) is 0. The summed E-state index contributed by atoms with van der Waals surface area (Å²) >= 11 is 0. The van der Waals surface area contributed by atoms with Crippen molar-refractivity contribution in [1.82, 2.24) is 10.3 Å². The first-order valence-corrected chi connectivity index (χ1v) is 5.43. The van der Waals surface area contributed by atoms with Gasteiger partial charge in [0, 0.05) is 18.4 Å². The Hall–Kier alpha value is -1.61. The summed E-state index contributed by atoms with van der Waals surface area (Å²) in [4.78, 5) is 4.10. The average molecular weight is 216 g/mol. The molecule has 2 heterocycles. The highest BCUT2D eigenvalue weighted by molar-refractivity contribution is 5.16. The molecule has 0 radical (unpaired) electrons. The fraction of sp³-hybridized carbons (Fsp3) is 0.308. The predicted octanol–water partition coefficient (Wildman–Crippen LogP) is 2.83. The molecule has 0 saturated heterocycles. The maximum Gasteiger partial charge on any atom is 0.120 e. The average Bonchev–Trinajstić information content (AvgIpc) is 2.73. The molecule has 0 saturated carbocycles. The molecule has 0 unspecified atom stereocenters. The summed E-state index contributed by atoms with van der Waals surface area (Å²) in [6.45, 7) is 4.92. The standard InChI is InChI=1S/C13H16N2O/c1-10-5-7-16-13(10)9-15-11(2)12-4-3-6-14-8-12/h3-8,11,15H,9H2,1-2H3/t11-/m0/s1. The largest absolute Gasteiger partial charge is 0.468 e. The van der Waals surface area contributed by atoms with Gasteiger partial charge in [0.25, 0.3) is 0 Å². The Morgan fingerprint density at radius 2 is 2.31 bits per heavy atom. The van der Waals surface area contributed by atoms with Crippen LogP contribution in [0.2, 0.25) is 0 Å². The van der Waals surface area contributed by atoms with Crippen molar-refractivity contribution in [3.05, 3.63) is 53.7 Å². The molecule has 0 aliphatic carbocycles. The second-order valence-corrected chi connectivity index (χ2v) is 3.92. The summed E-state index contributed by atoms with van der Waals surface area (Å²) in [5.41, 5.74) is 2.37. The molecule has 0 spiro atoms. The van der Waals surface area contributed by atoms with Gasteiger partial charge in [-0.3, -0.25) is 4.98 Å². The van der Waals surface area contributed by atoms with Crippen LogP contribution in [-0.2, 0) is 6.54 Å². The summed E-state index contributed by atoms with van der Waals surface area (Å²) in [5, 5.41) is 3.41. The van der Waals surface area contributed by atoms with Crippen LogP contribution < -0.4 is 5.32 Å². The van der Waals surface area contributed by atoms with Gasteiger partial charge in [-0.1, -0.05) is 6.07 Å². The molecule has 0 bridgehead atoms. The minimum atomic E-state index is 0.276. The number of pyridine rings is 1. The SMILES string of the molecule is Cc1ccoc1CN[C@@H](C)c1cccnc1. The van der Waals surface area contributed by atoms with Crippen molar-refractivity contribution in [2.24, 2.45) is 0 Å². The lowest BCUT2D eigenvalue weighted by atomic mass is 10.1. The number of hydrogen-bond acceptors (Lipinski definition) is 3. The summed E-state index contributed by atoms with van der Waals surface area (Å²) in [6, 6.07) is 6.27. The molecule has 0 aliphatic heterocycles. The van der Waals surface area contributed by atoms with Crippen molar-refractivity contribution in [2.75, 3.05) is 0 Å². The third-order valence-electron chi connectivity index (χ3n) is 2.72. The number of rotatable bonds is 4. The van der Waals surface area contributed by atoms with Gasteiger partial charge >= 0.3 is 0 Å². The van der Waals surface area contributed by atoms with Crippen LogP contribution in [0, 0.1) is 6.92 Å². The Morgan fingerprint density at radius 1 is 1.44 bits per heavy atom. The van der Waals surface area contributed by atoms with Gasteiger partial charge in [0.15, 0.2) is 0 Å². The van der Waals surface area contributed by atoms with Crippen LogP contribution in [0.25, 0.3) is 0 Å². The molecule has 0 amide bonds. The minimum absolute atomic E-state index is 0.276. The fourth-order valence-corrected chi connectivity index (χ4v) is 1.58. The predicted molar refractivity (Wildman–Crippen MR) is 62.9 cm³/mol. The lowest BCUT2D eigenvalue weighted by molar-refractivity contribution is 0.457. The van der Waals surface area contributed by atoms with Crippen molar-refractivity contribution in [3.63, 3.8) is 0 Å². The highest BCUT2D eigenvalue weighted by Gasteiger charge is 2.07. The maximum atomic E-state index is 5.37. The van der Waals surface area contributed by atoms with Gasteiger partial charge in [-0.15, -0.1) is 0 Å². The van der Waals surface area contributed by atoms with E-state index < -0.39 is 0 Å². The first-order chi connectivity index (χ1) is 7.77. The Balaban J connectivity index is 1.94. The zero-order valence-electron chi connectivity index (χ0n) is 9.60. The quantitative estimate of drug-likeness (QED) is 0.854. The molecule has 3 heteroatoms. The molecule has 1 N–H and O–H groups in total. The van der Waals surface area contributed by atoms with Crippen molar-refractivity contribution in [3.8, 4) is 0 Å². The van der Waals surface area contributed by atoms with Gasteiger partial charge in [0.05, 0.1) is 12.8 Å². The van der Waals surface area contributed by atoms with E-state index in [0.717, 1.165) is 12.3 Å². The van der Waals surface area contributed by atoms with Crippen LogP contribution in [0.5, 0.6) is 0 Å². The van der Waals surface area contributed by atoms with E-state index in [1.165, 1.54) is 11.1 Å². The molecule has 84 valence electrons. The Morgan fingerprint density at radius 3 is 2.94 bits per heavy atom. The second kappa shape index (κ2) is 4.94. The van der Waals surface area contributed by atoms with Crippen LogP contribution >= 0.6 is 0 Å². The highest BCUT2D eigenvalue weighted by atomic mass is 16.3. The fourth-order valence-electron chi connectivity index (χ4n) is 1.58. The zero-order chi connectivity index (χ0) is 11.4. The molecule has 3 nitrogen and oxygen atoms in total. The Kier molecular flexibility index (Phi) is 3.37. The normalized spacial score (nSPS) is 12.6. The Bertz CT molecular complexity index is 436. The Labute approximate surface area is 95.5 Å². The zero-order valence-corrected chi connectivity index (χ0v) is 9.60. The van der Waals surface area contributed by atoms with E-state index in [1.54, 1.807) is 12.5 Å². The van der Waals surface area contributed by atoms with Crippen molar-refractivity contribution >= 4 is 0 Å². The lowest BCUT2D eigenvalue weighted by Gasteiger charge is -2.12. The van der Waals surface area contributed by atoms with Gasteiger partial charge < -0.3 is 9.73 Å². The van der Waals surface area contributed by atoms with Gasteiger partial charge in [-0.2, -0.15) is 0 Å². The molecule has 0 aromatic carbocycles. The van der Waals surface area contributed by atoms with E-state index >= 15 is 0 Å². The smallest absolute Gasteiger partial charge is 0.120 e. The molecule has 2 aromatic rings. The van der Waals surface area contributed by atoms with Crippen LogP contribution in [0.3, 0.4) is 0 Å². The number of aryl methyl sites for hydroxylation is 1. The van der Waals surface area contributed by atoms with E-state index in [0.29, 0.717) is 0 Å². The topological polar surface area (TPSA) is 38.1 Å². The monoisotopic (exact) mass is 216 g/mol. The molecule has 16 heavy (non-hydrogen) atoms. The van der Waals surface area contributed by atoms with Gasteiger partial charge in [0.1, 0.15) is 5.76 Å². The summed E-state index contributed by atoms with van der Waals surface area (Å²) in [6.07, 6.45) is 5.39. The molecule has 2 aromatic heterocycles. The van der Waals surface area contributed by atoms with Crippen molar-refractivity contribution in [1.29, 1.82) is 0 Å². The summed E-state index contributed by atoms with van der Waals surface area (Å²) in [5.74, 6) is 0.996. The van der Waals surface area contributed by atoms with Gasteiger partial charge in [-0.05, 0) is 37.1 Å². The molecular weight excluding hydrogens is 200 g/mol. The summed E-state index contributed by atoms with van der Waals surface area (Å²) < 4.78 is 5.37. The number of nitrogens with zero attached hydrogens (tertiary/aromatic N) is 1. The van der Waals surface area contributed by atoms with Crippen LogP contribution in [0.15, 0.2) is 41.3 Å². The molecule has 0 fully saturated rings. The lowest BCUT2D eigenvalue weighted by Crippen LogP contribution is -2.18. The van der Waals surface area contributed by atoms with Crippen molar-refractivity contribution in [2.45, 2.75) is 26.4 Å². The van der Waals surface area contributed by atoms with E-state index in [-0.39, 0.29) is 6.04 Å². The number of nitrogens with one attached hydrogen (secondary N) is 1. The third-order valence-corrected chi connectivity index (χ3v) is 2.72. The second-order valence-electron chi connectivity index (χ2n) is 3.92. The maximum absolute atomic E-state index is 5.37. The number of aromatic nitrogens is 1. The first-order valence-electron chi connectivity index (χ1n) is 5.43. The van der Waals surface area contributed by atoms with Crippen LogP contribution in [0.4, 0.5) is 0 Å². The first kappa shape index (κ1) is 10.9. The van der Waals surface area contributed by atoms with Crippen LogP contribution in [-0.4, -0.2) is 4.98 Å². The molecular formula is C13H16N2O. The van der Waals surface area contributed by atoms with Crippen molar-refractivity contribution < 1.29 is 4.42 Å². The van der Waals surface area contributed by atoms with Crippen LogP contribution in [0.1, 0.15) is 29.9 Å². The minimum Gasteiger partial charge on any atom is -0.468 e. The number of hydrogen-bond donors (Lipinski definition) is 1. The van der Waals surface area contributed by atoms with E-state index in [9.17, 15) is 0 Å². The van der Waals surface area contributed by atoms with E-state index in [1.807, 2.05) is 18.3 Å². The molecule has 0 aliphatic rings. The third kappa shape index (κ3) is 2.49. The van der Waals surface area contributed by atoms with E-state index in [2.05, 4.69) is 30.2 Å². The van der Waals surface area contributed by atoms with E-state index in [4.69, 9.17) is 4.42 Å². The highest BCUT2D eigenvalue weighted by Crippen LogP contribution is 2.13. The number of furan rings is 1. The van der Waals surface area contributed by atoms with Gasteiger partial charge in [0.2, 0.25) is 0 Å². The van der Waals surface area contributed by atoms with Gasteiger partial charge in [-0.25, -0.2) is 0 Å².